The van der Waals surface area contributed by atoms with Crippen LogP contribution in [0.4, 0.5) is 5.95 Å². The fraction of sp³-hybridized carbons (Fsp3) is 0.214. The maximum atomic E-state index is 6.21. The van der Waals surface area contributed by atoms with Gasteiger partial charge in [0, 0.05) is 18.6 Å². The number of fused-ring (bicyclic) bond motifs is 1. The van der Waals surface area contributed by atoms with Crippen LogP contribution in [0.3, 0.4) is 0 Å². The van der Waals surface area contributed by atoms with Crippen molar-refractivity contribution in [1.82, 2.24) is 19.5 Å². The van der Waals surface area contributed by atoms with Gasteiger partial charge in [-0.15, -0.1) is 0 Å². The van der Waals surface area contributed by atoms with Gasteiger partial charge in [0.1, 0.15) is 11.3 Å². The lowest BCUT2D eigenvalue weighted by atomic mass is 10.3. The van der Waals surface area contributed by atoms with Crippen LogP contribution in [0.1, 0.15) is 5.82 Å². The SMILES string of the molecule is Cc1nc(Cl)c2nc(N(C)C)n(-c3ccc(Br)cc3)c2n1. The van der Waals surface area contributed by atoms with E-state index in [0.717, 1.165) is 16.1 Å². The van der Waals surface area contributed by atoms with Crippen LogP contribution in [0.25, 0.3) is 16.9 Å². The second-order valence-corrected chi connectivity index (χ2v) is 6.13. The number of rotatable bonds is 2. The monoisotopic (exact) mass is 365 g/mol. The van der Waals surface area contributed by atoms with Crippen LogP contribution in [0.5, 0.6) is 0 Å². The molecule has 5 nitrogen and oxygen atoms in total. The summed E-state index contributed by atoms with van der Waals surface area (Å²) >= 11 is 9.66. The van der Waals surface area contributed by atoms with Crippen molar-refractivity contribution in [3.8, 4) is 5.69 Å². The van der Waals surface area contributed by atoms with Gasteiger partial charge in [-0.2, -0.15) is 0 Å². The highest BCUT2D eigenvalue weighted by atomic mass is 79.9. The summed E-state index contributed by atoms with van der Waals surface area (Å²) in [7, 11) is 3.87. The van der Waals surface area contributed by atoms with Gasteiger partial charge in [-0.3, -0.25) is 4.57 Å². The molecule has 7 heteroatoms. The number of benzene rings is 1. The van der Waals surface area contributed by atoms with Crippen molar-refractivity contribution in [3.05, 3.63) is 39.7 Å². The summed E-state index contributed by atoms with van der Waals surface area (Å²) in [5.74, 6) is 1.38. The third kappa shape index (κ3) is 2.49. The van der Waals surface area contributed by atoms with Gasteiger partial charge in [0.2, 0.25) is 5.95 Å². The minimum absolute atomic E-state index is 0.372. The van der Waals surface area contributed by atoms with Crippen molar-refractivity contribution in [3.63, 3.8) is 0 Å². The lowest BCUT2D eigenvalue weighted by Gasteiger charge is -2.14. The Bertz CT molecular complexity index is 810. The van der Waals surface area contributed by atoms with Crippen LogP contribution in [0.15, 0.2) is 28.7 Å². The molecule has 0 saturated heterocycles. The maximum absolute atomic E-state index is 6.21. The zero-order valence-corrected chi connectivity index (χ0v) is 14.1. The Labute approximate surface area is 135 Å². The Morgan fingerprint density at radius 3 is 2.38 bits per heavy atom. The summed E-state index contributed by atoms with van der Waals surface area (Å²) in [6.07, 6.45) is 0. The van der Waals surface area contributed by atoms with Gasteiger partial charge < -0.3 is 4.90 Å². The molecule has 3 aromatic rings. The van der Waals surface area contributed by atoms with Crippen LogP contribution in [0, 0.1) is 6.92 Å². The van der Waals surface area contributed by atoms with Gasteiger partial charge in [-0.1, -0.05) is 27.5 Å². The third-order valence-corrected chi connectivity index (χ3v) is 3.84. The van der Waals surface area contributed by atoms with E-state index in [0.29, 0.717) is 22.1 Å². The van der Waals surface area contributed by atoms with Crippen LogP contribution in [-0.4, -0.2) is 33.6 Å². The van der Waals surface area contributed by atoms with Gasteiger partial charge in [0.15, 0.2) is 10.8 Å². The fourth-order valence-corrected chi connectivity index (χ4v) is 2.66. The lowest BCUT2D eigenvalue weighted by molar-refractivity contribution is 0.956. The normalized spacial score (nSPS) is 11.1. The molecule has 0 fully saturated rings. The van der Waals surface area contributed by atoms with E-state index in [1.807, 2.05) is 54.8 Å². The summed E-state index contributed by atoms with van der Waals surface area (Å²) in [4.78, 5) is 15.2. The predicted octanol–water partition coefficient (Wildman–Crippen LogP) is 3.61. The summed E-state index contributed by atoms with van der Waals surface area (Å²) < 4.78 is 2.99. The highest BCUT2D eigenvalue weighted by Gasteiger charge is 2.18. The van der Waals surface area contributed by atoms with E-state index in [1.54, 1.807) is 0 Å². The first-order valence-corrected chi connectivity index (χ1v) is 7.50. The van der Waals surface area contributed by atoms with Crippen LogP contribution >= 0.6 is 27.5 Å². The molecule has 108 valence electrons. The Morgan fingerprint density at radius 1 is 1.10 bits per heavy atom. The zero-order valence-electron chi connectivity index (χ0n) is 11.8. The molecule has 0 saturated carbocycles. The fourth-order valence-electron chi connectivity index (χ4n) is 2.14. The molecule has 21 heavy (non-hydrogen) atoms. The number of halogens is 2. The zero-order chi connectivity index (χ0) is 15.1. The molecule has 0 amide bonds. The van der Waals surface area contributed by atoms with E-state index in [4.69, 9.17) is 11.6 Å². The first-order chi connectivity index (χ1) is 9.97. The maximum Gasteiger partial charge on any atom is 0.212 e. The second-order valence-electron chi connectivity index (χ2n) is 4.85. The van der Waals surface area contributed by atoms with E-state index in [9.17, 15) is 0 Å². The van der Waals surface area contributed by atoms with Crippen molar-refractivity contribution in [2.45, 2.75) is 6.92 Å². The second kappa shape index (κ2) is 5.27. The van der Waals surface area contributed by atoms with Crippen molar-refractivity contribution >= 4 is 44.6 Å². The van der Waals surface area contributed by atoms with E-state index < -0.39 is 0 Å². The molecule has 2 aromatic heterocycles. The van der Waals surface area contributed by atoms with Crippen molar-refractivity contribution in [1.29, 1.82) is 0 Å². The number of hydrogen-bond donors (Lipinski definition) is 0. The minimum atomic E-state index is 0.372. The molecule has 0 bridgehead atoms. The van der Waals surface area contributed by atoms with Gasteiger partial charge in [-0.05, 0) is 31.2 Å². The highest BCUT2D eigenvalue weighted by molar-refractivity contribution is 9.10. The number of nitrogens with zero attached hydrogens (tertiary/aromatic N) is 5. The van der Waals surface area contributed by atoms with E-state index in [1.165, 1.54) is 0 Å². The Balaban J connectivity index is 2.37. The molecule has 0 radical (unpaired) electrons. The van der Waals surface area contributed by atoms with Gasteiger partial charge >= 0.3 is 0 Å². The van der Waals surface area contributed by atoms with Gasteiger partial charge in [0.25, 0.3) is 0 Å². The summed E-state index contributed by atoms with van der Waals surface area (Å²) in [5.41, 5.74) is 2.28. The first kappa shape index (κ1) is 14.3. The number of aromatic nitrogens is 4. The van der Waals surface area contributed by atoms with Crippen molar-refractivity contribution < 1.29 is 0 Å². The van der Waals surface area contributed by atoms with Crippen molar-refractivity contribution in [2.75, 3.05) is 19.0 Å². The van der Waals surface area contributed by atoms with E-state index >= 15 is 0 Å². The van der Waals surface area contributed by atoms with Crippen molar-refractivity contribution in [2.24, 2.45) is 0 Å². The molecular formula is C14H13BrClN5. The Hall–Kier alpha value is -1.66. The number of hydrogen-bond acceptors (Lipinski definition) is 4. The molecule has 1 aromatic carbocycles. The number of anilines is 1. The smallest absolute Gasteiger partial charge is 0.212 e. The average molecular weight is 367 g/mol. The van der Waals surface area contributed by atoms with E-state index in [2.05, 4.69) is 30.9 Å². The average Bonchev–Trinajstić information content (AvgIpc) is 2.79. The quantitative estimate of drug-likeness (QED) is 0.650. The molecular weight excluding hydrogens is 354 g/mol. The molecule has 2 heterocycles. The molecule has 0 aliphatic heterocycles. The van der Waals surface area contributed by atoms with Crippen LogP contribution in [0.2, 0.25) is 5.15 Å². The third-order valence-electron chi connectivity index (χ3n) is 3.04. The predicted molar refractivity (Wildman–Crippen MR) is 88.4 cm³/mol. The van der Waals surface area contributed by atoms with Crippen LogP contribution in [-0.2, 0) is 0 Å². The standard InChI is InChI=1S/C14H13BrClN5/c1-8-17-12(16)11-13(18-8)21(14(19-11)20(2)3)10-6-4-9(15)5-7-10/h4-7H,1-3H3. The first-order valence-electron chi connectivity index (χ1n) is 6.33. The van der Waals surface area contributed by atoms with Gasteiger partial charge in [0.05, 0.1) is 5.69 Å². The highest BCUT2D eigenvalue weighted by Crippen LogP contribution is 2.29. The molecule has 3 rings (SSSR count). The molecule has 0 spiro atoms. The van der Waals surface area contributed by atoms with Crippen LogP contribution < -0.4 is 4.90 Å². The van der Waals surface area contributed by atoms with Gasteiger partial charge in [-0.25, -0.2) is 15.0 Å². The summed E-state index contributed by atoms with van der Waals surface area (Å²) in [6.45, 7) is 1.82. The largest absolute Gasteiger partial charge is 0.348 e. The Morgan fingerprint density at radius 2 is 1.76 bits per heavy atom. The molecule has 0 aliphatic carbocycles. The summed E-state index contributed by atoms with van der Waals surface area (Å²) in [6, 6.07) is 7.97. The Kier molecular flexibility index (Phi) is 3.59. The number of imidazole rings is 1. The minimum Gasteiger partial charge on any atom is -0.348 e. The molecule has 0 aliphatic rings. The topological polar surface area (TPSA) is 46.8 Å². The lowest BCUT2D eigenvalue weighted by Crippen LogP contribution is -2.14. The molecule has 0 atom stereocenters. The molecule has 0 N–H and O–H groups in total. The summed E-state index contributed by atoms with van der Waals surface area (Å²) in [5, 5.41) is 0.372. The molecule has 0 unspecified atom stereocenters. The van der Waals surface area contributed by atoms with E-state index in [-0.39, 0.29) is 0 Å². The number of aryl methyl sites for hydroxylation is 1.